The molecule has 0 atom stereocenters. The molecule has 1 heterocycles. The normalized spacial score (nSPS) is 11.2. The van der Waals surface area contributed by atoms with Crippen LogP contribution in [0.25, 0.3) is 17.2 Å². The van der Waals surface area contributed by atoms with Gasteiger partial charge in [0.25, 0.3) is 5.22 Å². The zero-order chi connectivity index (χ0) is 20.1. The van der Waals surface area contributed by atoms with Crippen molar-refractivity contribution in [2.75, 3.05) is 13.7 Å². The number of ether oxygens (including phenoxy) is 2. The van der Waals surface area contributed by atoms with Crippen LogP contribution in [0.5, 0.6) is 11.5 Å². The molecule has 3 aromatic rings. The summed E-state index contributed by atoms with van der Waals surface area (Å²) in [6.07, 6.45) is 6.64. The number of carboxylic acid groups (broad SMARTS) is 1. The minimum absolute atomic E-state index is 0.00182. The summed E-state index contributed by atoms with van der Waals surface area (Å²) >= 11 is 7.13. The van der Waals surface area contributed by atoms with Crippen LogP contribution >= 0.6 is 23.4 Å². The Morgan fingerprint density at radius 1 is 1.43 bits per heavy atom. The molecule has 1 N–H and O–H groups in total. The van der Waals surface area contributed by atoms with Crippen LogP contribution in [0.1, 0.15) is 5.56 Å². The Hall–Kier alpha value is -3.08. The molecular formula is C20H14ClNO5S. The Kier molecular flexibility index (Phi) is 6.14. The number of halogens is 1. The number of hydrogen-bond donors (Lipinski definition) is 1. The smallest absolute Gasteiger partial charge is 0.342 e. The highest BCUT2D eigenvalue weighted by Crippen LogP contribution is 2.38. The van der Waals surface area contributed by atoms with Crippen LogP contribution in [0.3, 0.4) is 0 Å². The average molecular weight is 416 g/mol. The highest BCUT2D eigenvalue weighted by molar-refractivity contribution is 8.03. The van der Waals surface area contributed by atoms with E-state index in [1.165, 1.54) is 13.2 Å². The van der Waals surface area contributed by atoms with Gasteiger partial charge in [-0.15, -0.1) is 6.42 Å². The molecule has 0 saturated heterocycles. The molecule has 0 amide bonds. The topological polar surface area (TPSA) is 81.8 Å². The fourth-order valence-electron chi connectivity index (χ4n) is 2.35. The molecule has 142 valence electrons. The van der Waals surface area contributed by atoms with E-state index in [9.17, 15) is 9.90 Å². The zero-order valence-electron chi connectivity index (χ0n) is 14.6. The number of rotatable bonds is 7. The third-order valence-electron chi connectivity index (χ3n) is 3.53. The van der Waals surface area contributed by atoms with E-state index in [-0.39, 0.29) is 21.8 Å². The van der Waals surface area contributed by atoms with Gasteiger partial charge in [-0.1, -0.05) is 29.7 Å². The van der Waals surface area contributed by atoms with E-state index >= 15 is 0 Å². The Morgan fingerprint density at radius 2 is 2.21 bits per heavy atom. The maximum atomic E-state index is 11.7. The van der Waals surface area contributed by atoms with Gasteiger partial charge in [-0.2, -0.15) is 0 Å². The maximum Gasteiger partial charge on any atom is 0.342 e. The Bertz CT molecular complexity index is 1070. The first-order valence-electron chi connectivity index (χ1n) is 7.94. The molecule has 0 aliphatic rings. The number of aliphatic carboxylic acids is 1. The van der Waals surface area contributed by atoms with Crippen molar-refractivity contribution in [1.82, 2.24) is 4.98 Å². The van der Waals surface area contributed by atoms with Gasteiger partial charge in [0.15, 0.2) is 17.1 Å². The van der Waals surface area contributed by atoms with Crippen LogP contribution in [0.2, 0.25) is 5.02 Å². The maximum absolute atomic E-state index is 11.7. The molecule has 0 aliphatic heterocycles. The molecule has 0 unspecified atom stereocenters. The van der Waals surface area contributed by atoms with Gasteiger partial charge in [0.05, 0.1) is 12.1 Å². The molecule has 8 heteroatoms. The number of fused-ring (bicyclic) bond motifs is 1. The second-order valence-corrected chi connectivity index (χ2v) is 6.79. The minimum atomic E-state index is -1.13. The van der Waals surface area contributed by atoms with E-state index in [2.05, 4.69) is 10.9 Å². The van der Waals surface area contributed by atoms with E-state index in [1.54, 1.807) is 24.3 Å². The number of terminal acetylenes is 1. The summed E-state index contributed by atoms with van der Waals surface area (Å²) in [5.41, 5.74) is 1.74. The van der Waals surface area contributed by atoms with Gasteiger partial charge in [0, 0.05) is 0 Å². The Balaban J connectivity index is 1.94. The average Bonchev–Trinajstić information content (AvgIpc) is 3.08. The van der Waals surface area contributed by atoms with Crippen LogP contribution in [-0.2, 0) is 4.79 Å². The predicted octanol–water partition coefficient (Wildman–Crippen LogP) is 4.72. The zero-order valence-corrected chi connectivity index (χ0v) is 16.2. The number of nitrogens with zero attached hydrogens (tertiary/aromatic N) is 1. The fraction of sp³-hybridized carbons (Fsp3) is 0.100. The van der Waals surface area contributed by atoms with Gasteiger partial charge in [0.2, 0.25) is 0 Å². The highest BCUT2D eigenvalue weighted by Gasteiger charge is 2.17. The van der Waals surface area contributed by atoms with E-state index < -0.39 is 5.97 Å². The number of methoxy groups -OCH3 is 1. The number of carboxylic acids is 1. The minimum Gasteiger partial charge on any atom is -0.493 e. The standard InChI is InChI=1S/C20H14ClNO5S/c1-3-8-26-18-13(21)9-12(10-16(18)25-2)11-17(19(23)24)28-20-22-14-6-4-5-7-15(14)27-20/h1,4-7,9-11H,8H2,2H3,(H,23,24)/b17-11-. The van der Waals surface area contributed by atoms with Crippen molar-refractivity contribution >= 4 is 46.5 Å². The second-order valence-electron chi connectivity index (χ2n) is 5.39. The van der Waals surface area contributed by atoms with Crippen molar-refractivity contribution < 1.29 is 23.8 Å². The molecule has 3 rings (SSSR count). The van der Waals surface area contributed by atoms with Gasteiger partial charge in [-0.25, -0.2) is 9.78 Å². The summed E-state index contributed by atoms with van der Waals surface area (Å²) in [7, 11) is 1.45. The lowest BCUT2D eigenvalue weighted by molar-refractivity contribution is -0.131. The molecule has 0 bridgehead atoms. The van der Waals surface area contributed by atoms with Gasteiger partial charge in [-0.05, 0) is 47.7 Å². The van der Waals surface area contributed by atoms with Crippen molar-refractivity contribution in [2.24, 2.45) is 0 Å². The molecule has 0 saturated carbocycles. The first kappa shape index (κ1) is 19.7. The third kappa shape index (κ3) is 4.42. The van der Waals surface area contributed by atoms with Gasteiger partial charge >= 0.3 is 5.97 Å². The molecule has 28 heavy (non-hydrogen) atoms. The molecule has 0 aliphatic carbocycles. The van der Waals surface area contributed by atoms with Gasteiger partial charge in [0.1, 0.15) is 17.0 Å². The Labute approximate surface area is 170 Å². The second kappa shape index (κ2) is 8.74. The first-order chi connectivity index (χ1) is 13.5. The number of benzene rings is 2. The number of carbonyl (C=O) groups is 1. The van der Waals surface area contributed by atoms with Gasteiger partial charge in [-0.3, -0.25) is 0 Å². The van der Waals surface area contributed by atoms with Crippen molar-refractivity contribution in [2.45, 2.75) is 5.22 Å². The van der Waals surface area contributed by atoms with Crippen LogP contribution in [0, 0.1) is 12.3 Å². The number of oxazole rings is 1. The van der Waals surface area contributed by atoms with E-state index in [4.69, 9.17) is 31.9 Å². The summed E-state index contributed by atoms with van der Waals surface area (Å²) in [5.74, 6) is 1.85. The predicted molar refractivity (Wildman–Crippen MR) is 108 cm³/mol. The molecule has 2 aromatic carbocycles. The summed E-state index contributed by atoms with van der Waals surface area (Å²) in [4.78, 5) is 16.0. The highest BCUT2D eigenvalue weighted by atomic mass is 35.5. The van der Waals surface area contributed by atoms with E-state index in [0.29, 0.717) is 28.2 Å². The number of aromatic nitrogens is 1. The van der Waals surface area contributed by atoms with Crippen molar-refractivity contribution in [3.8, 4) is 23.8 Å². The lowest BCUT2D eigenvalue weighted by Gasteiger charge is -2.12. The quantitative estimate of drug-likeness (QED) is 0.339. The SMILES string of the molecule is C#CCOc1c(Cl)cc(/C=C(\Sc2nc3ccccc3o2)C(=O)O)cc1OC. The molecule has 1 aromatic heterocycles. The Morgan fingerprint density at radius 3 is 2.89 bits per heavy atom. The molecule has 0 radical (unpaired) electrons. The van der Waals surface area contributed by atoms with Crippen molar-refractivity contribution in [3.63, 3.8) is 0 Å². The summed E-state index contributed by atoms with van der Waals surface area (Å²) in [6.45, 7) is 0.0270. The lowest BCUT2D eigenvalue weighted by atomic mass is 10.2. The molecule has 6 nitrogen and oxygen atoms in total. The fourth-order valence-corrected chi connectivity index (χ4v) is 3.37. The van der Waals surface area contributed by atoms with Crippen LogP contribution in [-0.4, -0.2) is 29.8 Å². The van der Waals surface area contributed by atoms with E-state index in [0.717, 1.165) is 11.8 Å². The largest absolute Gasteiger partial charge is 0.493 e. The third-order valence-corrected chi connectivity index (χ3v) is 4.67. The van der Waals surface area contributed by atoms with Crippen LogP contribution in [0.15, 0.2) is 50.9 Å². The summed E-state index contributed by atoms with van der Waals surface area (Å²) in [5, 5.41) is 10.0. The van der Waals surface area contributed by atoms with Crippen molar-refractivity contribution in [1.29, 1.82) is 0 Å². The monoisotopic (exact) mass is 415 g/mol. The van der Waals surface area contributed by atoms with Gasteiger partial charge < -0.3 is 19.0 Å². The number of hydrogen-bond acceptors (Lipinski definition) is 6. The lowest BCUT2D eigenvalue weighted by Crippen LogP contribution is -1.99. The summed E-state index contributed by atoms with van der Waals surface area (Å²) < 4.78 is 16.2. The summed E-state index contributed by atoms with van der Waals surface area (Å²) in [6, 6.07) is 10.3. The van der Waals surface area contributed by atoms with Crippen LogP contribution < -0.4 is 9.47 Å². The first-order valence-corrected chi connectivity index (χ1v) is 9.13. The number of para-hydroxylation sites is 2. The van der Waals surface area contributed by atoms with Crippen LogP contribution in [0.4, 0.5) is 0 Å². The number of thioether (sulfide) groups is 1. The molecule has 0 spiro atoms. The van der Waals surface area contributed by atoms with E-state index in [1.807, 2.05) is 12.1 Å². The molecular weight excluding hydrogens is 402 g/mol. The van der Waals surface area contributed by atoms with Crippen molar-refractivity contribution in [3.05, 3.63) is 51.9 Å². The molecule has 0 fully saturated rings.